The van der Waals surface area contributed by atoms with Gasteiger partial charge in [0, 0.05) is 48.5 Å². The lowest BCUT2D eigenvalue weighted by molar-refractivity contribution is -0.134. The summed E-state index contributed by atoms with van der Waals surface area (Å²) in [5, 5.41) is 6.47. The van der Waals surface area contributed by atoms with Crippen molar-refractivity contribution >= 4 is 63.7 Å². The molecule has 1 aliphatic heterocycles. The fourth-order valence-electron chi connectivity index (χ4n) is 3.31. The first-order valence-electron chi connectivity index (χ1n) is 9.96. The lowest BCUT2D eigenvalue weighted by Crippen LogP contribution is -2.49. The first-order chi connectivity index (χ1) is 14.7. The van der Waals surface area contributed by atoms with Crippen molar-refractivity contribution in [3.63, 3.8) is 0 Å². The van der Waals surface area contributed by atoms with E-state index in [1.807, 2.05) is 43.0 Å². The molecule has 0 bridgehead atoms. The summed E-state index contributed by atoms with van der Waals surface area (Å²) in [6, 6.07) is 12.4. The normalized spacial score (nSPS) is 13.8. The van der Waals surface area contributed by atoms with E-state index in [0.29, 0.717) is 10.0 Å². The second-order valence-electron chi connectivity index (χ2n) is 7.55. The third-order valence-electron chi connectivity index (χ3n) is 4.98. The van der Waals surface area contributed by atoms with E-state index in [0.717, 1.165) is 37.6 Å². The summed E-state index contributed by atoms with van der Waals surface area (Å²) in [7, 11) is 0. The molecule has 0 radical (unpaired) electrons. The minimum Gasteiger partial charge on any atom is -0.368 e. The molecule has 3 rings (SSSR count). The molecule has 1 heterocycles. The van der Waals surface area contributed by atoms with Gasteiger partial charge >= 0.3 is 0 Å². The van der Waals surface area contributed by atoms with Crippen LogP contribution in [0.25, 0.3) is 0 Å². The predicted octanol–water partition coefficient (Wildman–Crippen LogP) is 4.42. The minimum absolute atomic E-state index is 0.0242. The van der Waals surface area contributed by atoms with Gasteiger partial charge in [-0.25, -0.2) is 0 Å². The monoisotopic (exact) mass is 478 g/mol. The molecule has 2 N–H and O–H groups in total. The lowest BCUT2D eigenvalue weighted by atomic mass is 10.1. The zero-order chi connectivity index (χ0) is 22.5. The zero-order valence-electron chi connectivity index (χ0n) is 17.3. The van der Waals surface area contributed by atoms with Crippen LogP contribution < -0.4 is 15.5 Å². The number of amides is 2. The van der Waals surface area contributed by atoms with Crippen LogP contribution in [0.5, 0.6) is 0 Å². The first kappa shape index (κ1) is 23.3. The first-order valence-corrected chi connectivity index (χ1v) is 11.1. The Labute approximate surface area is 197 Å². The number of hydrogen-bond donors (Lipinski definition) is 2. The Morgan fingerprint density at radius 3 is 2.26 bits per heavy atom. The molecule has 2 amide bonds. The molecule has 1 aliphatic rings. The summed E-state index contributed by atoms with van der Waals surface area (Å²) in [5.41, 5.74) is 2.08. The van der Waals surface area contributed by atoms with Gasteiger partial charge in [0.2, 0.25) is 5.91 Å². The molecule has 0 saturated carbocycles. The fourth-order valence-corrected chi connectivity index (χ4v) is 3.90. The van der Waals surface area contributed by atoms with Gasteiger partial charge in [-0.15, -0.1) is 0 Å². The number of hydrogen-bond acceptors (Lipinski definition) is 4. The SMILES string of the molecule is CC(C)C(=O)N1CCN(c2ccc(NC(=S)NC(=O)c3cc(Cl)ccc3Cl)cc2)CC1. The molecule has 0 aromatic heterocycles. The van der Waals surface area contributed by atoms with Crippen LogP contribution in [0.2, 0.25) is 10.0 Å². The van der Waals surface area contributed by atoms with Crippen molar-refractivity contribution in [1.82, 2.24) is 10.2 Å². The summed E-state index contributed by atoms with van der Waals surface area (Å²) >= 11 is 17.2. The van der Waals surface area contributed by atoms with E-state index in [1.165, 1.54) is 6.07 Å². The van der Waals surface area contributed by atoms with Crippen LogP contribution in [-0.2, 0) is 4.79 Å². The summed E-state index contributed by atoms with van der Waals surface area (Å²) in [4.78, 5) is 28.7. The van der Waals surface area contributed by atoms with Crippen molar-refractivity contribution in [2.75, 3.05) is 36.4 Å². The van der Waals surface area contributed by atoms with E-state index >= 15 is 0 Å². The number of halogens is 2. The highest BCUT2D eigenvalue weighted by molar-refractivity contribution is 7.80. The largest absolute Gasteiger partial charge is 0.368 e. The maximum Gasteiger partial charge on any atom is 0.258 e. The van der Waals surface area contributed by atoms with Gasteiger partial charge in [-0.2, -0.15) is 0 Å². The van der Waals surface area contributed by atoms with Crippen molar-refractivity contribution < 1.29 is 9.59 Å². The van der Waals surface area contributed by atoms with E-state index < -0.39 is 5.91 Å². The molecule has 6 nitrogen and oxygen atoms in total. The number of rotatable bonds is 4. The Balaban J connectivity index is 1.53. The number of carbonyl (C=O) groups is 2. The number of thiocarbonyl (C=S) groups is 1. The standard InChI is InChI=1S/C22H24Cl2N4O2S/c1-14(2)21(30)28-11-9-27(10-12-28)17-6-4-16(5-7-17)25-22(31)26-20(29)18-13-15(23)3-8-19(18)24/h3-8,13-14H,9-12H2,1-2H3,(H2,25,26,29,31). The Kier molecular flexibility index (Phi) is 7.75. The van der Waals surface area contributed by atoms with E-state index in [-0.39, 0.29) is 22.5 Å². The molecule has 0 spiro atoms. The molecule has 1 saturated heterocycles. The third-order valence-corrected chi connectivity index (χ3v) is 5.74. The summed E-state index contributed by atoms with van der Waals surface area (Å²) in [5.74, 6) is -0.208. The number of carbonyl (C=O) groups excluding carboxylic acids is 2. The highest BCUT2D eigenvalue weighted by Crippen LogP contribution is 2.22. The lowest BCUT2D eigenvalue weighted by Gasteiger charge is -2.37. The smallest absolute Gasteiger partial charge is 0.258 e. The summed E-state index contributed by atoms with van der Waals surface area (Å²) in [6.45, 7) is 6.88. The molecule has 0 aliphatic carbocycles. The van der Waals surface area contributed by atoms with Crippen molar-refractivity contribution in [3.8, 4) is 0 Å². The van der Waals surface area contributed by atoms with Crippen LogP contribution in [0.1, 0.15) is 24.2 Å². The molecule has 31 heavy (non-hydrogen) atoms. The summed E-state index contributed by atoms with van der Waals surface area (Å²) < 4.78 is 0. The average Bonchev–Trinajstić information content (AvgIpc) is 2.75. The Hall–Kier alpha value is -2.35. The second kappa shape index (κ2) is 10.3. The number of nitrogens with one attached hydrogen (secondary N) is 2. The molecular formula is C22H24Cl2N4O2S. The molecule has 0 atom stereocenters. The molecule has 164 valence electrons. The van der Waals surface area contributed by atoms with Gasteiger partial charge in [0.25, 0.3) is 5.91 Å². The number of benzene rings is 2. The Morgan fingerprint density at radius 1 is 1.00 bits per heavy atom. The van der Waals surface area contributed by atoms with Crippen molar-refractivity contribution in [3.05, 3.63) is 58.1 Å². The van der Waals surface area contributed by atoms with Crippen LogP contribution in [0.4, 0.5) is 11.4 Å². The average molecular weight is 479 g/mol. The van der Waals surface area contributed by atoms with E-state index in [4.69, 9.17) is 35.4 Å². The van der Waals surface area contributed by atoms with Crippen LogP contribution in [0, 0.1) is 5.92 Å². The Bertz CT molecular complexity index is 974. The van der Waals surface area contributed by atoms with Crippen LogP contribution in [-0.4, -0.2) is 48.0 Å². The number of anilines is 2. The summed E-state index contributed by atoms with van der Waals surface area (Å²) in [6.07, 6.45) is 0. The van der Waals surface area contributed by atoms with Gasteiger partial charge in [0.15, 0.2) is 5.11 Å². The maximum absolute atomic E-state index is 12.4. The predicted molar refractivity (Wildman–Crippen MR) is 130 cm³/mol. The van der Waals surface area contributed by atoms with Crippen LogP contribution >= 0.6 is 35.4 Å². The molecule has 2 aromatic rings. The van der Waals surface area contributed by atoms with Crippen molar-refractivity contribution in [2.24, 2.45) is 5.92 Å². The topological polar surface area (TPSA) is 64.7 Å². The van der Waals surface area contributed by atoms with Gasteiger partial charge in [-0.3, -0.25) is 14.9 Å². The maximum atomic E-state index is 12.4. The third kappa shape index (κ3) is 6.09. The molecule has 9 heteroatoms. The molecule has 0 unspecified atom stereocenters. The van der Waals surface area contributed by atoms with Crippen LogP contribution in [0.3, 0.4) is 0 Å². The van der Waals surface area contributed by atoms with E-state index in [2.05, 4.69) is 15.5 Å². The fraction of sp³-hybridized carbons (Fsp3) is 0.318. The van der Waals surface area contributed by atoms with E-state index in [1.54, 1.807) is 12.1 Å². The Morgan fingerprint density at radius 2 is 1.65 bits per heavy atom. The van der Waals surface area contributed by atoms with Gasteiger partial charge in [-0.1, -0.05) is 37.0 Å². The highest BCUT2D eigenvalue weighted by Gasteiger charge is 2.23. The zero-order valence-corrected chi connectivity index (χ0v) is 19.7. The second-order valence-corrected chi connectivity index (χ2v) is 8.80. The van der Waals surface area contributed by atoms with Crippen molar-refractivity contribution in [2.45, 2.75) is 13.8 Å². The van der Waals surface area contributed by atoms with Gasteiger partial charge in [0.05, 0.1) is 10.6 Å². The van der Waals surface area contributed by atoms with Gasteiger partial charge < -0.3 is 15.1 Å². The van der Waals surface area contributed by atoms with Crippen molar-refractivity contribution in [1.29, 1.82) is 0 Å². The number of nitrogens with zero attached hydrogens (tertiary/aromatic N) is 2. The van der Waals surface area contributed by atoms with Crippen LogP contribution in [0.15, 0.2) is 42.5 Å². The minimum atomic E-state index is -0.435. The molecule has 2 aromatic carbocycles. The van der Waals surface area contributed by atoms with Gasteiger partial charge in [0.1, 0.15) is 0 Å². The molecule has 1 fully saturated rings. The number of piperazine rings is 1. The molecular weight excluding hydrogens is 455 g/mol. The van der Waals surface area contributed by atoms with E-state index in [9.17, 15) is 9.59 Å². The highest BCUT2D eigenvalue weighted by atomic mass is 35.5. The van der Waals surface area contributed by atoms with Gasteiger partial charge in [-0.05, 0) is 54.7 Å². The quantitative estimate of drug-likeness (QED) is 0.636.